The fourth-order valence-corrected chi connectivity index (χ4v) is 1.67. The fourth-order valence-electron chi connectivity index (χ4n) is 1.42. The number of anilines is 1. The number of hydrogen-bond acceptors (Lipinski definition) is 4. The lowest BCUT2D eigenvalue weighted by Gasteiger charge is -2.18. The molecule has 82 valence electrons. The molecule has 4 nitrogen and oxygen atoms in total. The molecule has 0 saturated heterocycles. The van der Waals surface area contributed by atoms with Gasteiger partial charge in [0.25, 0.3) is 0 Å². The number of aromatic nitrogens is 2. The molecule has 2 rings (SSSR count). The van der Waals surface area contributed by atoms with E-state index in [-0.39, 0.29) is 0 Å². The average molecular weight is 227 g/mol. The first kappa shape index (κ1) is 10.6. The van der Waals surface area contributed by atoms with E-state index in [4.69, 9.17) is 11.6 Å². The van der Waals surface area contributed by atoms with Gasteiger partial charge in [0.1, 0.15) is 11.3 Å². The third-order valence-electron chi connectivity index (χ3n) is 2.47. The second kappa shape index (κ2) is 4.77. The number of hydrogen-bond donors (Lipinski definition) is 1. The van der Waals surface area contributed by atoms with Crippen molar-refractivity contribution in [2.45, 2.75) is 18.9 Å². The monoisotopic (exact) mass is 226 g/mol. The second-order valence-electron chi connectivity index (χ2n) is 3.84. The fraction of sp³-hybridized carbons (Fsp3) is 0.600. The summed E-state index contributed by atoms with van der Waals surface area (Å²) in [4.78, 5) is 10.0. The van der Waals surface area contributed by atoms with Crippen LogP contribution in [0, 0.1) is 0 Å². The molecule has 0 spiro atoms. The van der Waals surface area contributed by atoms with Crippen LogP contribution in [0.4, 0.5) is 5.82 Å². The van der Waals surface area contributed by atoms with Gasteiger partial charge in [-0.15, -0.1) is 0 Å². The van der Waals surface area contributed by atoms with Crippen molar-refractivity contribution in [1.82, 2.24) is 15.3 Å². The molecule has 1 N–H and O–H groups in total. The van der Waals surface area contributed by atoms with Gasteiger partial charge in [-0.3, -0.25) is 0 Å². The van der Waals surface area contributed by atoms with Gasteiger partial charge in [0.2, 0.25) is 0 Å². The van der Waals surface area contributed by atoms with Gasteiger partial charge in [-0.25, -0.2) is 9.97 Å². The minimum absolute atomic E-state index is 0.603. The lowest BCUT2D eigenvalue weighted by Crippen LogP contribution is -2.30. The Kier molecular flexibility index (Phi) is 3.38. The zero-order valence-electron chi connectivity index (χ0n) is 8.78. The van der Waals surface area contributed by atoms with E-state index >= 15 is 0 Å². The smallest absolute Gasteiger partial charge is 0.150 e. The van der Waals surface area contributed by atoms with Crippen LogP contribution in [0.15, 0.2) is 12.5 Å². The minimum Gasteiger partial charge on any atom is -0.357 e. The number of likely N-dealkylation sites (N-methyl/N-ethyl adjacent to an activating group) is 1. The predicted molar refractivity (Wildman–Crippen MR) is 61.3 cm³/mol. The first-order valence-corrected chi connectivity index (χ1v) is 5.55. The summed E-state index contributed by atoms with van der Waals surface area (Å²) in [7, 11) is 1.99. The Labute approximate surface area is 94.7 Å². The van der Waals surface area contributed by atoms with Gasteiger partial charge in [-0.2, -0.15) is 0 Å². The molecule has 0 aliphatic heterocycles. The Morgan fingerprint density at radius 1 is 1.60 bits per heavy atom. The molecule has 1 aromatic heterocycles. The van der Waals surface area contributed by atoms with Crippen molar-refractivity contribution in [3.8, 4) is 0 Å². The summed E-state index contributed by atoms with van der Waals surface area (Å²) in [6.45, 7) is 1.88. The first-order chi connectivity index (χ1) is 7.27. The molecule has 5 heteroatoms. The Balaban J connectivity index is 1.83. The highest BCUT2D eigenvalue weighted by Gasteiger charge is 2.20. The van der Waals surface area contributed by atoms with Crippen LogP contribution in [-0.2, 0) is 0 Å². The van der Waals surface area contributed by atoms with Crippen molar-refractivity contribution in [2.75, 3.05) is 25.0 Å². The lowest BCUT2D eigenvalue weighted by atomic mass is 10.4. The highest BCUT2D eigenvalue weighted by molar-refractivity contribution is 6.32. The second-order valence-corrected chi connectivity index (χ2v) is 4.25. The zero-order chi connectivity index (χ0) is 10.7. The number of nitrogens with zero attached hydrogens (tertiary/aromatic N) is 3. The standard InChI is InChI=1S/C10H15ClN4/c1-15(5-4-13-8-2-3-8)10-9(11)6-12-7-14-10/h6-8,13H,2-5H2,1H3. The van der Waals surface area contributed by atoms with Gasteiger partial charge in [-0.05, 0) is 12.8 Å². The molecule has 0 unspecified atom stereocenters. The van der Waals surface area contributed by atoms with Crippen LogP contribution >= 0.6 is 11.6 Å². The first-order valence-electron chi connectivity index (χ1n) is 5.17. The van der Waals surface area contributed by atoms with E-state index < -0.39 is 0 Å². The van der Waals surface area contributed by atoms with Gasteiger partial charge in [0.05, 0.1) is 6.20 Å². The molecule has 1 aliphatic carbocycles. The van der Waals surface area contributed by atoms with Crippen molar-refractivity contribution in [3.63, 3.8) is 0 Å². The van der Waals surface area contributed by atoms with Crippen LogP contribution in [0.3, 0.4) is 0 Å². The van der Waals surface area contributed by atoms with Crippen molar-refractivity contribution in [1.29, 1.82) is 0 Å². The van der Waals surface area contributed by atoms with Crippen molar-refractivity contribution in [3.05, 3.63) is 17.5 Å². The van der Waals surface area contributed by atoms with E-state index in [1.807, 2.05) is 11.9 Å². The SMILES string of the molecule is CN(CCNC1CC1)c1ncncc1Cl. The summed E-state index contributed by atoms with van der Waals surface area (Å²) in [5.74, 6) is 0.796. The van der Waals surface area contributed by atoms with Gasteiger partial charge < -0.3 is 10.2 Å². The summed E-state index contributed by atoms with van der Waals surface area (Å²) >= 11 is 5.99. The maximum Gasteiger partial charge on any atom is 0.150 e. The topological polar surface area (TPSA) is 41.0 Å². The van der Waals surface area contributed by atoms with Crippen LogP contribution < -0.4 is 10.2 Å². The predicted octanol–water partition coefficient (Wildman–Crippen LogP) is 1.32. The Bertz CT molecular complexity index is 327. The summed E-state index contributed by atoms with van der Waals surface area (Å²) in [5.41, 5.74) is 0. The highest BCUT2D eigenvalue weighted by Crippen LogP contribution is 2.20. The normalized spacial score (nSPS) is 15.3. The van der Waals surface area contributed by atoms with Crippen molar-refractivity contribution >= 4 is 17.4 Å². The summed E-state index contributed by atoms with van der Waals surface area (Å²) in [6, 6.07) is 0.749. The van der Waals surface area contributed by atoms with E-state index in [2.05, 4.69) is 15.3 Å². The molecule has 0 bridgehead atoms. The molecule has 0 atom stereocenters. The molecule has 0 aromatic carbocycles. The van der Waals surface area contributed by atoms with Crippen LogP contribution in [0.1, 0.15) is 12.8 Å². The third kappa shape index (κ3) is 3.04. The van der Waals surface area contributed by atoms with E-state index in [0.29, 0.717) is 5.02 Å². The van der Waals surface area contributed by atoms with Crippen LogP contribution in [0.5, 0.6) is 0 Å². The van der Waals surface area contributed by atoms with Gasteiger partial charge in [-0.1, -0.05) is 11.6 Å². The minimum atomic E-state index is 0.603. The van der Waals surface area contributed by atoms with E-state index in [0.717, 1.165) is 24.9 Å². The number of nitrogens with one attached hydrogen (secondary N) is 1. The Morgan fingerprint density at radius 2 is 2.40 bits per heavy atom. The molecule has 1 aromatic rings. The Morgan fingerprint density at radius 3 is 3.07 bits per heavy atom. The van der Waals surface area contributed by atoms with E-state index in [9.17, 15) is 0 Å². The number of rotatable bonds is 5. The maximum atomic E-state index is 5.99. The van der Waals surface area contributed by atoms with Crippen LogP contribution in [-0.4, -0.2) is 36.1 Å². The molecule has 1 aliphatic rings. The van der Waals surface area contributed by atoms with E-state index in [1.165, 1.54) is 19.2 Å². The molecule has 0 amide bonds. The zero-order valence-corrected chi connectivity index (χ0v) is 9.54. The van der Waals surface area contributed by atoms with Crippen LogP contribution in [0.25, 0.3) is 0 Å². The average Bonchev–Trinajstić information content (AvgIpc) is 3.02. The summed E-state index contributed by atoms with van der Waals surface area (Å²) in [5, 5.41) is 4.05. The largest absolute Gasteiger partial charge is 0.357 e. The van der Waals surface area contributed by atoms with E-state index in [1.54, 1.807) is 6.20 Å². The van der Waals surface area contributed by atoms with Gasteiger partial charge >= 0.3 is 0 Å². The highest BCUT2D eigenvalue weighted by atomic mass is 35.5. The molecule has 1 heterocycles. The molecular weight excluding hydrogens is 212 g/mol. The molecule has 0 radical (unpaired) electrons. The third-order valence-corrected chi connectivity index (χ3v) is 2.73. The molecule has 1 saturated carbocycles. The molecule has 1 fully saturated rings. The lowest BCUT2D eigenvalue weighted by molar-refractivity contribution is 0.672. The maximum absolute atomic E-state index is 5.99. The van der Waals surface area contributed by atoms with Gasteiger partial charge in [0, 0.05) is 26.2 Å². The number of halogens is 1. The van der Waals surface area contributed by atoms with Crippen LogP contribution in [0.2, 0.25) is 5.02 Å². The molecular formula is C10H15ClN4. The van der Waals surface area contributed by atoms with Gasteiger partial charge in [0.15, 0.2) is 5.82 Å². The summed E-state index contributed by atoms with van der Waals surface area (Å²) < 4.78 is 0. The van der Waals surface area contributed by atoms with Crippen molar-refractivity contribution in [2.24, 2.45) is 0 Å². The summed E-state index contributed by atoms with van der Waals surface area (Å²) in [6.07, 6.45) is 5.77. The Hall–Kier alpha value is -0.870. The molecule has 15 heavy (non-hydrogen) atoms. The quantitative estimate of drug-likeness (QED) is 0.822. The van der Waals surface area contributed by atoms with Crippen molar-refractivity contribution < 1.29 is 0 Å².